The Balaban J connectivity index is 0.00000155. The predicted octanol–water partition coefficient (Wildman–Crippen LogP) is 7.57. The van der Waals surface area contributed by atoms with Gasteiger partial charge in [-0.15, -0.1) is 0 Å². The summed E-state index contributed by atoms with van der Waals surface area (Å²) in [4.78, 5) is 11.2. The van der Waals surface area contributed by atoms with E-state index in [1.807, 2.05) is 13.8 Å². The number of hydrogen-bond donors (Lipinski definition) is 1. The minimum absolute atomic E-state index is 0.00972. The van der Waals surface area contributed by atoms with Gasteiger partial charge in [0.2, 0.25) is 6.10 Å². The zero-order valence-electron chi connectivity index (χ0n) is 15.9. The lowest BCUT2D eigenvalue weighted by molar-refractivity contribution is -0.187. The van der Waals surface area contributed by atoms with Gasteiger partial charge in [-0.1, -0.05) is 48.7 Å². The Kier molecular flexibility index (Phi) is 7.55. The number of carbonyl (C=O) groups is 1. The van der Waals surface area contributed by atoms with Crippen LogP contribution in [0.3, 0.4) is 0 Å². The van der Waals surface area contributed by atoms with Crippen molar-refractivity contribution in [1.82, 2.24) is 0 Å². The molecule has 1 N–H and O–H groups in total. The second-order valence-electron chi connectivity index (χ2n) is 5.88. The average molecular weight is 484 g/mol. The fourth-order valence-electron chi connectivity index (χ4n) is 2.50. The maximum Gasteiger partial charge on any atom is 0.430 e. The number of alkyl halides is 3. The van der Waals surface area contributed by atoms with Crippen LogP contribution in [0.1, 0.15) is 25.0 Å². The van der Waals surface area contributed by atoms with Gasteiger partial charge in [-0.25, -0.2) is 4.79 Å². The van der Waals surface area contributed by atoms with Crippen molar-refractivity contribution in [2.24, 2.45) is 0 Å². The van der Waals surface area contributed by atoms with Crippen LogP contribution in [0.15, 0.2) is 29.8 Å². The van der Waals surface area contributed by atoms with Crippen LogP contribution in [0, 0.1) is 6.92 Å². The van der Waals surface area contributed by atoms with Crippen molar-refractivity contribution in [2.45, 2.75) is 33.1 Å². The van der Waals surface area contributed by atoms with E-state index in [-0.39, 0.29) is 27.8 Å². The predicted molar refractivity (Wildman–Crippen MR) is 110 cm³/mol. The number of hydrogen-bond acceptors (Lipinski definition) is 3. The molecule has 1 atom stereocenters. The summed E-state index contributed by atoms with van der Waals surface area (Å²) >= 11 is 18.2. The number of carboxylic acid groups (broad SMARTS) is 1. The number of carboxylic acids is 1. The van der Waals surface area contributed by atoms with E-state index in [0.717, 1.165) is 12.1 Å². The van der Waals surface area contributed by atoms with Crippen molar-refractivity contribution in [2.75, 3.05) is 0 Å². The number of fused-ring (bicyclic) bond motifs is 1. The van der Waals surface area contributed by atoms with Crippen LogP contribution in [0.2, 0.25) is 15.1 Å². The van der Waals surface area contributed by atoms with E-state index in [1.165, 1.54) is 18.2 Å². The minimum atomic E-state index is -4.92. The van der Waals surface area contributed by atoms with Gasteiger partial charge in [-0.3, -0.25) is 0 Å². The van der Waals surface area contributed by atoms with Crippen molar-refractivity contribution in [3.05, 3.63) is 56.0 Å². The molecule has 2 aromatic rings. The zero-order chi connectivity index (χ0) is 22.8. The molecule has 0 spiro atoms. The lowest BCUT2D eigenvalue weighted by atomic mass is 10.0. The Morgan fingerprint density at radius 3 is 2.13 bits per heavy atom. The molecule has 0 saturated heterocycles. The van der Waals surface area contributed by atoms with Crippen molar-refractivity contribution in [3.63, 3.8) is 0 Å². The highest BCUT2D eigenvalue weighted by atomic mass is 35.5. The number of benzene rings is 2. The Hall–Kier alpha value is -2.09. The first-order valence-corrected chi connectivity index (χ1v) is 9.76. The largest absolute Gasteiger partial charge is 0.478 e. The average Bonchev–Trinajstić information content (AvgIpc) is 2.66. The van der Waals surface area contributed by atoms with Gasteiger partial charge in [-0.05, 0) is 36.8 Å². The zero-order valence-corrected chi connectivity index (χ0v) is 18.2. The number of aliphatic carboxylic acids is 1. The van der Waals surface area contributed by atoms with E-state index in [1.54, 1.807) is 6.92 Å². The molecule has 4 nitrogen and oxygen atoms in total. The number of ether oxygens (including phenoxy) is 2. The molecule has 30 heavy (non-hydrogen) atoms. The summed E-state index contributed by atoms with van der Waals surface area (Å²) in [5.41, 5.74) is -0.230. The molecule has 162 valence electrons. The van der Waals surface area contributed by atoms with Crippen LogP contribution < -0.4 is 9.47 Å². The van der Waals surface area contributed by atoms with Gasteiger partial charge in [0.1, 0.15) is 17.2 Å². The molecule has 0 amide bonds. The maximum atomic E-state index is 13.2. The summed E-state index contributed by atoms with van der Waals surface area (Å²) in [6.07, 6.45) is -6.66. The van der Waals surface area contributed by atoms with Crippen molar-refractivity contribution in [3.8, 4) is 17.2 Å². The standard InChI is InChI=1S/C18H10Cl3F3O4.C2H6/c1-7-11(19)4-9(5-12(7)20)27-15-6-14-8(3-13(15)21)2-10(17(25)26)16(28-14)18(22,23)24;1-2/h2-6,16H,1H3,(H,25,26);1-2H3. The molecule has 3 rings (SSSR count). The smallest absolute Gasteiger partial charge is 0.430 e. The Morgan fingerprint density at radius 1 is 1.07 bits per heavy atom. The van der Waals surface area contributed by atoms with Crippen LogP contribution in [0.25, 0.3) is 6.08 Å². The molecular weight excluding hydrogens is 468 g/mol. The Morgan fingerprint density at radius 2 is 1.63 bits per heavy atom. The van der Waals surface area contributed by atoms with Gasteiger partial charge in [0, 0.05) is 21.7 Å². The fraction of sp³-hybridized carbons (Fsp3) is 0.250. The molecule has 1 unspecified atom stereocenters. The van der Waals surface area contributed by atoms with Crippen LogP contribution in [-0.2, 0) is 4.79 Å². The van der Waals surface area contributed by atoms with E-state index in [2.05, 4.69) is 0 Å². The monoisotopic (exact) mass is 482 g/mol. The third kappa shape index (κ3) is 5.14. The number of rotatable bonds is 3. The van der Waals surface area contributed by atoms with Crippen molar-refractivity contribution < 1.29 is 32.5 Å². The van der Waals surface area contributed by atoms with Gasteiger partial charge in [0.15, 0.2) is 0 Å². The third-order valence-electron chi connectivity index (χ3n) is 3.93. The first kappa shape index (κ1) is 24.2. The lowest BCUT2D eigenvalue weighted by Gasteiger charge is -2.27. The summed E-state index contributed by atoms with van der Waals surface area (Å²) in [5, 5.41) is 9.75. The Labute approximate surface area is 185 Å². The summed E-state index contributed by atoms with van der Waals surface area (Å²) in [6.45, 7) is 5.71. The molecule has 0 aromatic heterocycles. The Bertz CT molecular complexity index is 981. The van der Waals surface area contributed by atoms with E-state index >= 15 is 0 Å². The second-order valence-corrected chi connectivity index (χ2v) is 7.10. The van der Waals surface area contributed by atoms with E-state index in [9.17, 15) is 18.0 Å². The molecule has 1 aliphatic rings. The van der Waals surface area contributed by atoms with Gasteiger partial charge < -0.3 is 14.6 Å². The van der Waals surface area contributed by atoms with Gasteiger partial charge in [0.05, 0.1) is 10.6 Å². The molecule has 1 aliphatic heterocycles. The summed E-state index contributed by atoms with van der Waals surface area (Å²) < 4.78 is 50.0. The fourth-order valence-corrected chi connectivity index (χ4v) is 3.18. The van der Waals surface area contributed by atoms with E-state index in [0.29, 0.717) is 15.6 Å². The molecule has 0 bridgehead atoms. The van der Waals surface area contributed by atoms with E-state index in [4.69, 9.17) is 49.4 Å². The third-order valence-corrected chi connectivity index (χ3v) is 5.01. The summed E-state index contributed by atoms with van der Waals surface area (Å²) in [5.74, 6) is -1.76. The molecular formula is C20H16Cl3F3O4. The molecule has 10 heteroatoms. The normalized spacial score (nSPS) is 15.2. The molecule has 0 saturated carbocycles. The molecule has 1 heterocycles. The first-order valence-electron chi connectivity index (χ1n) is 8.62. The summed E-state index contributed by atoms with van der Waals surface area (Å²) in [7, 11) is 0. The van der Waals surface area contributed by atoms with Crippen molar-refractivity contribution >= 4 is 46.8 Å². The number of halogens is 6. The molecule has 0 aliphatic carbocycles. The van der Waals surface area contributed by atoms with Crippen LogP contribution in [0.4, 0.5) is 13.2 Å². The second kappa shape index (κ2) is 9.37. The van der Waals surface area contributed by atoms with Gasteiger partial charge in [-0.2, -0.15) is 13.2 Å². The molecule has 0 fully saturated rings. The molecule has 0 radical (unpaired) electrons. The minimum Gasteiger partial charge on any atom is -0.478 e. The first-order chi connectivity index (χ1) is 14.0. The molecule has 2 aromatic carbocycles. The van der Waals surface area contributed by atoms with Crippen LogP contribution in [-0.4, -0.2) is 23.4 Å². The van der Waals surface area contributed by atoms with Crippen LogP contribution >= 0.6 is 34.8 Å². The lowest BCUT2D eigenvalue weighted by Crippen LogP contribution is -2.40. The van der Waals surface area contributed by atoms with E-state index < -0.39 is 23.8 Å². The maximum absolute atomic E-state index is 13.2. The quantitative estimate of drug-likeness (QED) is 0.489. The highest BCUT2D eigenvalue weighted by Gasteiger charge is 2.48. The highest BCUT2D eigenvalue weighted by Crippen LogP contribution is 2.43. The highest BCUT2D eigenvalue weighted by molar-refractivity contribution is 6.36. The topological polar surface area (TPSA) is 55.8 Å². The van der Waals surface area contributed by atoms with Gasteiger partial charge in [0.25, 0.3) is 0 Å². The van der Waals surface area contributed by atoms with Crippen molar-refractivity contribution in [1.29, 1.82) is 0 Å². The SMILES string of the molecule is CC.Cc1c(Cl)cc(Oc2cc3c(cc2Cl)C=C(C(=O)O)C(C(F)(F)F)O3)cc1Cl. The van der Waals surface area contributed by atoms with Gasteiger partial charge >= 0.3 is 12.1 Å². The summed E-state index contributed by atoms with van der Waals surface area (Å²) in [6, 6.07) is 5.34. The van der Waals surface area contributed by atoms with Crippen LogP contribution in [0.5, 0.6) is 17.2 Å².